The normalized spacial score (nSPS) is 10.9. The van der Waals surface area contributed by atoms with Crippen LogP contribution in [0.3, 0.4) is 0 Å². The van der Waals surface area contributed by atoms with Gasteiger partial charge in [0.05, 0.1) is 23.0 Å². The van der Waals surface area contributed by atoms with Gasteiger partial charge in [0.25, 0.3) is 0 Å². The molecule has 0 aromatic carbocycles. The molecule has 0 aliphatic carbocycles. The van der Waals surface area contributed by atoms with Crippen molar-refractivity contribution in [3.05, 3.63) is 40.4 Å². The summed E-state index contributed by atoms with van der Waals surface area (Å²) in [5.41, 5.74) is 1.77. The van der Waals surface area contributed by atoms with Gasteiger partial charge >= 0.3 is 0 Å². The van der Waals surface area contributed by atoms with Gasteiger partial charge in [-0.25, -0.2) is 9.97 Å². The van der Waals surface area contributed by atoms with Crippen LogP contribution < -0.4 is 9.64 Å². The predicted molar refractivity (Wildman–Crippen MR) is 88.4 cm³/mol. The van der Waals surface area contributed by atoms with Crippen LogP contribution >= 0.6 is 15.9 Å². The molecule has 0 saturated heterocycles. The maximum Gasteiger partial charge on any atom is 0.225 e. The maximum absolute atomic E-state index is 5.43. The standard InChI is InChI=1S/C15H17BrN4O/c1-4-21-12-7-11(8-17-9-12)5-6-14-13(16)10-18-15(19-14)20(2)3/h5-10H,4H2,1-3H3/b6-5+. The molecule has 0 fully saturated rings. The van der Waals surface area contributed by atoms with Crippen molar-refractivity contribution >= 4 is 34.0 Å². The number of hydrogen-bond acceptors (Lipinski definition) is 5. The first-order valence-electron chi connectivity index (χ1n) is 6.56. The van der Waals surface area contributed by atoms with E-state index in [2.05, 4.69) is 30.9 Å². The molecule has 0 bridgehead atoms. The molecular weight excluding hydrogens is 332 g/mol. The second-order valence-electron chi connectivity index (χ2n) is 4.52. The van der Waals surface area contributed by atoms with Crippen LogP contribution in [0.2, 0.25) is 0 Å². The van der Waals surface area contributed by atoms with E-state index < -0.39 is 0 Å². The van der Waals surface area contributed by atoms with E-state index in [1.54, 1.807) is 18.6 Å². The van der Waals surface area contributed by atoms with Gasteiger partial charge in [0.2, 0.25) is 5.95 Å². The van der Waals surface area contributed by atoms with Crippen LogP contribution in [-0.4, -0.2) is 35.7 Å². The average molecular weight is 349 g/mol. The number of hydrogen-bond donors (Lipinski definition) is 0. The third-order valence-corrected chi connectivity index (χ3v) is 3.25. The first-order valence-corrected chi connectivity index (χ1v) is 7.35. The molecule has 5 nitrogen and oxygen atoms in total. The molecule has 0 aliphatic rings. The van der Waals surface area contributed by atoms with Crippen LogP contribution in [0.5, 0.6) is 5.75 Å². The number of rotatable bonds is 5. The van der Waals surface area contributed by atoms with Crippen LogP contribution in [0.15, 0.2) is 29.1 Å². The second-order valence-corrected chi connectivity index (χ2v) is 5.37. The summed E-state index contributed by atoms with van der Waals surface area (Å²) in [4.78, 5) is 14.7. The van der Waals surface area contributed by atoms with E-state index in [9.17, 15) is 0 Å². The van der Waals surface area contributed by atoms with Crippen molar-refractivity contribution in [3.63, 3.8) is 0 Å². The van der Waals surface area contributed by atoms with Gasteiger partial charge in [0, 0.05) is 26.5 Å². The summed E-state index contributed by atoms with van der Waals surface area (Å²) in [6.07, 6.45) is 9.09. The topological polar surface area (TPSA) is 51.1 Å². The van der Waals surface area contributed by atoms with Crippen LogP contribution in [0.1, 0.15) is 18.2 Å². The Kier molecular flexibility index (Phi) is 5.27. The lowest BCUT2D eigenvalue weighted by Gasteiger charge is -2.10. The zero-order valence-electron chi connectivity index (χ0n) is 12.2. The van der Waals surface area contributed by atoms with E-state index in [1.807, 2.05) is 44.1 Å². The third-order valence-electron chi connectivity index (χ3n) is 2.64. The van der Waals surface area contributed by atoms with Gasteiger partial charge in [-0.05, 0) is 40.6 Å². The van der Waals surface area contributed by atoms with Crippen molar-refractivity contribution in [2.45, 2.75) is 6.92 Å². The highest BCUT2D eigenvalue weighted by Crippen LogP contribution is 2.19. The van der Waals surface area contributed by atoms with Gasteiger partial charge in [0.15, 0.2) is 0 Å². The Balaban J connectivity index is 2.24. The molecule has 0 amide bonds. The Morgan fingerprint density at radius 1 is 1.24 bits per heavy atom. The average Bonchev–Trinajstić information content (AvgIpc) is 2.47. The summed E-state index contributed by atoms with van der Waals surface area (Å²) in [6, 6.07) is 1.94. The van der Waals surface area contributed by atoms with E-state index in [0.717, 1.165) is 21.5 Å². The first-order chi connectivity index (χ1) is 10.1. The molecule has 110 valence electrons. The zero-order valence-corrected chi connectivity index (χ0v) is 13.8. The molecule has 0 saturated carbocycles. The van der Waals surface area contributed by atoms with E-state index in [4.69, 9.17) is 4.74 Å². The molecule has 0 N–H and O–H groups in total. The number of pyridine rings is 1. The molecule has 0 unspecified atom stereocenters. The van der Waals surface area contributed by atoms with Gasteiger partial charge in [-0.2, -0.15) is 0 Å². The van der Waals surface area contributed by atoms with E-state index in [1.165, 1.54) is 0 Å². The van der Waals surface area contributed by atoms with Crippen molar-refractivity contribution in [1.82, 2.24) is 15.0 Å². The smallest absolute Gasteiger partial charge is 0.225 e. The SMILES string of the molecule is CCOc1cncc(/C=C/c2nc(N(C)C)ncc2Br)c1. The summed E-state index contributed by atoms with van der Waals surface area (Å²) >= 11 is 3.46. The van der Waals surface area contributed by atoms with Crippen molar-refractivity contribution in [1.29, 1.82) is 0 Å². The first kappa shape index (κ1) is 15.4. The lowest BCUT2D eigenvalue weighted by Crippen LogP contribution is -2.13. The predicted octanol–water partition coefficient (Wildman–Crippen LogP) is 3.27. The third kappa shape index (κ3) is 4.26. The number of aromatic nitrogens is 3. The molecule has 0 atom stereocenters. The Labute approximate surface area is 132 Å². The fourth-order valence-electron chi connectivity index (χ4n) is 1.65. The van der Waals surface area contributed by atoms with Gasteiger partial charge in [0.1, 0.15) is 5.75 Å². The number of halogens is 1. The van der Waals surface area contributed by atoms with Crippen LogP contribution in [0, 0.1) is 0 Å². The van der Waals surface area contributed by atoms with Gasteiger partial charge in [-0.1, -0.05) is 6.08 Å². The summed E-state index contributed by atoms with van der Waals surface area (Å²) in [6.45, 7) is 2.57. The minimum Gasteiger partial charge on any atom is -0.492 e. The Morgan fingerprint density at radius 3 is 2.76 bits per heavy atom. The summed E-state index contributed by atoms with van der Waals surface area (Å²) < 4.78 is 6.28. The second kappa shape index (κ2) is 7.17. The van der Waals surface area contributed by atoms with Gasteiger partial charge in [-0.15, -0.1) is 0 Å². The fraction of sp³-hybridized carbons (Fsp3) is 0.267. The highest BCUT2D eigenvalue weighted by atomic mass is 79.9. The van der Waals surface area contributed by atoms with E-state index in [-0.39, 0.29) is 0 Å². The zero-order chi connectivity index (χ0) is 15.2. The van der Waals surface area contributed by atoms with Crippen molar-refractivity contribution in [2.75, 3.05) is 25.6 Å². The van der Waals surface area contributed by atoms with Gasteiger partial charge < -0.3 is 9.64 Å². The quantitative estimate of drug-likeness (QED) is 0.829. The molecule has 0 aliphatic heterocycles. The molecule has 2 aromatic rings. The minimum atomic E-state index is 0.624. The molecule has 2 aromatic heterocycles. The van der Waals surface area contributed by atoms with Crippen LogP contribution in [0.25, 0.3) is 12.2 Å². The van der Waals surface area contributed by atoms with Crippen LogP contribution in [0.4, 0.5) is 5.95 Å². The summed E-state index contributed by atoms with van der Waals surface area (Å²) in [5.74, 6) is 1.43. The van der Waals surface area contributed by atoms with Crippen molar-refractivity contribution in [2.24, 2.45) is 0 Å². The molecule has 0 radical (unpaired) electrons. The monoisotopic (exact) mass is 348 g/mol. The summed E-state index contributed by atoms with van der Waals surface area (Å²) in [5, 5.41) is 0. The number of ether oxygens (including phenoxy) is 1. The highest BCUT2D eigenvalue weighted by molar-refractivity contribution is 9.10. The van der Waals surface area contributed by atoms with E-state index in [0.29, 0.717) is 12.6 Å². The highest BCUT2D eigenvalue weighted by Gasteiger charge is 2.04. The molecule has 21 heavy (non-hydrogen) atoms. The molecule has 0 spiro atoms. The Morgan fingerprint density at radius 2 is 2.05 bits per heavy atom. The fourth-order valence-corrected chi connectivity index (χ4v) is 1.97. The molecule has 2 heterocycles. The van der Waals surface area contributed by atoms with E-state index >= 15 is 0 Å². The molecular formula is C15H17BrN4O. The Hall–Kier alpha value is -1.95. The van der Waals surface area contributed by atoms with Crippen molar-refractivity contribution < 1.29 is 4.74 Å². The van der Waals surface area contributed by atoms with Crippen molar-refractivity contribution in [3.8, 4) is 5.75 Å². The largest absolute Gasteiger partial charge is 0.492 e. The Bertz CT molecular complexity index is 643. The molecule has 6 heteroatoms. The van der Waals surface area contributed by atoms with Gasteiger partial charge in [-0.3, -0.25) is 4.98 Å². The number of nitrogens with zero attached hydrogens (tertiary/aromatic N) is 4. The molecule has 2 rings (SSSR count). The lowest BCUT2D eigenvalue weighted by atomic mass is 10.2. The maximum atomic E-state index is 5.43. The number of anilines is 1. The van der Waals surface area contributed by atoms with Crippen LogP contribution in [-0.2, 0) is 0 Å². The minimum absolute atomic E-state index is 0.624. The summed E-state index contributed by atoms with van der Waals surface area (Å²) in [7, 11) is 3.82. The lowest BCUT2D eigenvalue weighted by molar-refractivity contribution is 0.339.